The van der Waals surface area contributed by atoms with E-state index in [1.807, 2.05) is 20.8 Å². The summed E-state index contributed by atoms with van der Waals surface area (Å²) in [6.07, 6.45) is -4.27. The van der Waals surface area contributed by atoms with Crippen molar-refractivity contribution < 1.29 is 22.4 Å². The topological polar surface area (TPSA) is 83.3 Å². The van der Waals surface area contributed by atoms with Crippen molar-refractivity contribution in [2.45, 2.75) is 57.7 Å². The summed E-state index contributed by atoms with van der Waals surface area (Å²) in [6.45, 7) is 7.48. The van der Waals surface area contributed by atoms with E-state index in [1.54, 1.807) is 13.0 Å². The van der Waals surface area contributed by atoms with E-state index >= 15 is 0 Å². The number of ketones is 1. The molecule has 0 spiro atoms. The van der Waals surface area contributed by atoms with Gasteiger partial charge in [0, 0.05) is 28.3 Å². The fourth-order valence-corrected chi connectivity index (χ4v) is 5.95. The number of nitrogens with two attached hydrogens (primary N) is 1. The van der Waals surface area contributed by atoms with Crippen molar-refractivity contribution >= 4 is 34.8 Å². The Morgan fingerprint density at radius 2 is 2.00 bits per heavy atom. The smallest absolute Gasteiger partial charge is 0.418 e. The molecule has 0 radical (unpaired) electrons. The van der Waals surface area contributed by atoms with Gasteiger partial charge in [-0.3, -0.25) is 9.69 Å². The lowest BCUT2D eigenvalue weighted by molar-refractivity contribution is -0.137. The van der Waals surface area contributed by atoms with Crippen LogP contribution in [0.5, 0.6) is 0 Å². The van der Waals surface area contributed by atoms with E-state index in [2.05, 4.69) is 6.07 Å². The first-order chi connectivity index (χ1) is 16.8. The predicted octanol–water partition coefficient (Wildman–Crippen LogP) is 7.31. The minimum absolute atomic E-state index is 0.00336. The van der Waals surface area contributed by atoms with Gasteiger partial charge in [0.1, 0.15) is 11.6 Å². The number of carbonyl (C=O) groups excluding carboxylic acids is 1. The van der Waals surface area contributed by atoms with Crippen molar-refractivity contribution in [1.82, 2.24) is 0 Å². The average Bonchev–Trinajstić information content (AvgIpc) is 3.12. The van der Waals surface area contributed by atoms with Crippen LogP contribution in [-0.2, 0) is 11.0 Å². The van der Waals surface area contributed by atoms with Crippen molar-refractivity contribution in [3.63, 3.8) is 0 Å². The summed E-state index contributed by atoms with van der Waals surface area (Å²) in [6, 6.07) is 7.25. The highest BCUT2D eigenvalue weighted by molar-refractivity contribution is 7.99. The predicted molar refractivity (Wildman–Crippen MR) is 133 cm³/mol. The molecule has 1 aliphatic heterocycles. The summed E-state index contributed by atoms with van der Waals surface area (Å²) >= 11 is 7.34. The molecular formula is C26H25ClF3N3O2S. The number of anilines is 1. The SMILES string of the molecule is CCSc1oc(C)cc1C1C(C#N)=C(N)N(c2ccc(Cl)cc2C(F)(F)F)C2=C1C(=O)CC(C)(C)C2. The molecule has 1 aromatic heterocycles. The number of rotatable bonds is 4. The zero-order valence-electron chi connectivity index (χ0n) is 20.2. The fraction of sp³-hybridized carbons (Fsp3) is 0.385. The Hall–Kier alpha value is -2.83. The molecule has 36 heavy (non-hydrogen) atoms. The number of halogens is 4. The Kier molecular flexibility index (Phi) is 6.73. The van der Waals surface area contributed by atoms with Crippen LogP contribution in [0.15, 0.2) is 56.4 Å². The number of thioether (sulfide) groups is 1. The lowest BCUT2D eigenvalue weighted by atomic mass is 9.69. The van der Waals surface area contributed by atoms with Gasteiger partial charge in [-0.2, -0.15) is 18.4 Å². The van der Waals surface area contributed by atoms with Gasteiger partial charge >= 0.3 is 6.18 Å². The van der Waals surface area contributed by atoms with Gasteiger partial charge in [0.2, 0.25) is 0 Å². The number of nitrogens with zero attached hydrogens (tertiary/aromatic N) is 2. The number of aryl methyl sites for hydroxylation is 1. The van der Waals surface area contributed by atoms with E-state index in [0.29, 0.717) is 27.9 Å². The minimum atomic E-state index is -4.74. The van der Waals surface area contributed by atoms with Crippen molar-refractivity contribution in [1.29, 1.82) is 5.26 Å². The van der Waals surface area contributed by atoms with E-state index in [9.17, 15) is 23.2 Å². The van der Waals surface area contributed by atoms with Gasteiger partial charge in [-0.15, -0.1) is 0 Å². The lowest BCUT2D eigenvalue weighted by Crippen LogP contribution is -2.42. The molecular weight excluding hydrogens is 511 g/mol. The molecule has 1 unspecified atom stereocenters. The molecule has 1 aliphatic carbocycles. The molecule has 190 valence electrons. The van der Waals surface area contributed by atoms with Gasteiger partial charge in [-0.1, -0.05) is 44.1 Å². The monoisotopic (exact) mass is 535 g/mol. The fourth-order valence-electron chi connectivity index (χ4n) is 4.98. The molecule has 4 rings (SSSR count). The van der Waals surface area contributed by atoms with Crippen LogP contribution >= 0.6 is 23.4 Å². The molecule has 1 aromatic carbocycles. The maximum atomic E-state index is 14.1. The van der Waals surface area contributed by atoms with Crippen LogP contribution in [0.2, 0.25) is 5.02 Å². The quantitative estimate of drug-likeness (QED) is 0.413. The maximum Gasteiger partial charge on any atom is 0.418 e. The largest absolute Gasteiger partial charge is 0.455 e. The van der Waals surface area contributed by atoms with E-state index in [0.717, 1.165) is 6.07 Å². The highest BCUT2D eigenvalue weighted by Gasteiger charge is 2.47. The van der Waals surface area contributed by atoms with Crippen LogP contribution in [-0.4, -0.2) is 11.5 Å². The Morgan fingerprint density at radius 3 is 2.61 bits per heavy atom. The molecule has 10 heteroatoms. The van der Waals surface area contributed by atoms with Crippen LogP contribution in [0.25, 0.3) is 0 Å². The average molecular weight is 536 g/mol. The highest BCUT2D eigenvalue weighted by atomic mass is 35.5. The number of allylic oxidation sites excluding steroid dienone is 3. The summed E-state index contributed by atoms with van der Waals surface area (Å²) in [5, 5.41) is 10.7. The normalized spacial score (nSPS) is 20.0. The zero-order chi connectivity index (χ0) is 26.6. The van der Waals surface area contributed by atoms with Crippen LogP contribution in [0.3, 0.4) is 0 Å². The Labute approximate surface area is 216 Å². The van der Waals surface area contributed by atoms with Gasteiger partial charge in [0.05, 0.1) is 28.8 Å². The van der Waals surface area contributed by atoms with Gasteiger partial charge in [0.25, 0.3) is 0 Å². The molecule has 0 saturated heterocycles. The summed E-state index contributed by atoms with van der Waals surface area (Å²) in [4.78, 5) is 14.9. The first kappa shape index (κ1) is 26.2. The number of hydrogen-bond donors (Lipinski definition) is 1. The molecule has 2 aliphatic rings. The number of carbonyl (C=O) groups is 1. The minimum Gasteiger partial charge on any atom is -0.455 e. The van der Waals surface area contributed by atoms with Crippen LogP contribution < -0.4 is 10.6 Å². The van der Waals surface area contributed by atoms with Gasteiger partial charge in [0.15, 0.2) is 10.9 Å². The summed E-state index contributed by atoms with van der Waals surface area (Å²) in [5.41, 5.74) is 5.97. The zero-order valence-corrected chi connectivity index (χ0v) is 21.8. The van der Waals surface area contributed by atoms with Crippen molar-refractivity contribution in [3.8, 4) is 6.07 Å². The molecule has 0 saturated carbocycles. The third-order valence-corrected chi connectivity index (χ3v) is 7.43. The second kappa shape index (κ2) is 9.24. The van der Waals surface area contributed by atoms with Crippen LogP contribution in [0.4, 0.5) is 18.9 Å². The molecule has 2 aromatic rings. The summed E-state index contributed by atoms with van der Waals surface area (Å²) in [5.74, 6) is 0.0724. The third kappa shape index (κ3) is 4.53. The van der Waals surface area contributed by atoms with Gasteiger partial charge in [-0.05, 0) is 48.8 Å². The van der Waals surface area contributed by atoms with Crippen LogP contribution in [0.1, 0.15) is 56.4 Å². The number of nitriles is 1. The van der Waals surface area contributed by atoms with E-state index in [4.69, 9.17) is 21.8 Å². The van der Waals surface area contributed by atoms with Gasteiger partial charge in [-0.25, -0.2) is 0 Å². The first-order valence-corrected chi connectivity index (χ1v) is 12.7. The molecule has 0 fully saturated rings. The molecule has 2 heterocycles. The first-order valence-electron chi connectivity index (χ1n) is 11.3. The molecule has 0 amide bonds. The van der Waals surface area contributed by atoms with Crippen molar-refractivity contribution in [2.75, 3.05) is 10.7 Å². The highest BCUT2D eigenvalue weighted by Crippen LogP contribution is 2.53. The van der Waals surface area contributed by atoms with Crippen LogP contribution in [0, 0.1) is 23.7 Å². The van der Waals surface area contributed by atoms with Crippen molar-refractivity contribution in [3.05, 3.63) is 68.8 Å². The summed E-state index contributed by atoms with van der Waals surface area (Å²) in [7, 11) is 0. The third-order valence-electron chi connectivity index (χ3n) is 6.32. The standard InChI is InChI=1S/C26H25ClF3N3O2S/c1-5-36-24-15(8-13(2)35-24)21-16(12-31)23(32)33(19-10-25(3,4)11-20(34)22(19)21)18-7-6-14(27)9-17(18)26(28,29)30/h6-9,21H,5,10-11,32H2,1-4H3. The molecule has 5 nitrogen and oxygen atoms in total. The van der Waals surface area contributed by atoms with E-state index in [1.165, 1.54) is 28.8 Å². The molecule has 1 atom stereocenters. The Bertz CT molecular complexity index is 1350. The lowest BCUT2D eigenvalue weighted by Gasteiger charge is -2.44. The maximum absolute atomic E-state index is 14.1. The Balaban J connectivity index is 2.06. The van der Waals surface area contributed by atoms with E-state index < -0.39 is 23.1 Å². The number of hydrogen-bond acceptors (Lipinski definition) is 6. The molecule has 2 N–H and O–H groups in total. The number of alkyl halides is 3. The number of Topliss-reactive ketones (excluding diaryl/α,β-unsaturated/α-hetero) is 1. The number of furan rings is 1. The van der Waals surface area contributed by atoms with E-state index in [-0.39, 0.29) is 46.3 Å². The second-order valence-corrected chi connectivity index (χ2v) is 11.3. The van der Waals surface area contributed by atoms with Crippen molar-refractivity contribution in [2.24, 2.45) is 11.1 Å². The summed E-state index contributed by atoms with van der Waals surface area (Å²) < 4.78 is 48.2. The second-order valence-electron chi connectivity index (χ2n) is 9.67. The van der Waals surface area contributed by atoms with Gasteiger partial charge < -0.3 is 10.2 Å². The number of benzene rings is 1. The molecule has 0 bridgehead atoms. The Morgan fingerprint density at radius 1 is 1.31 bits per heavy atom.